The standard InChI is InChI=1S/C17H22FNO3/c1-12-6-7-13(18)16(10-12)22-11-17(20)19-8-9-21-15-5-3-2-4-14(15)19/h6-7,10,14-15H,2-5,8-9,11H2,1H3. The molecule has 2 unspecified atom stereocenters. The number of ether oxygens (including phenoxy) is 2. The van der Waals surface area contributed by atoms with Crippen LogP contribution < -0.4 is 4.74 Å². The Morgan fingerprint density at radius 2 is 2.23 bits per heavy atom. The second-order valence-corrected chi connectivity index (χ2v) is 6.07. The molecule has 1 aromatic carbocycles. The van der Waals surface area contributed by atoms with Crippen LogP contribution in [-0.2, 0) is 9.53 Å². The lowest BCUT2D eigenvalue weighted by atomic mass is 9.90. The van der Waals surface area contributed by atoms with Gasteiger partial charge in [-0.1, -0.05) is 18.9 Å². The summed E-state index contributed by atoms with van der Waals surface area (Å²) in [5.41, 5.74) is 0.905. The van der Waals surface area contributed by atoms with Crippen LogP contribution in [0.15, 0.2) is 18.2 Å². The SMILES string of the molecule is Cc1ccc(F)c(OCC(=O)N2CCOC3CCCCC32)c1. The fraction of sp³-hybridized carbons (Fsp3) is 0.588. The molecule has 2 fully saturated rings. The van der Waals surface area contributed by atoms with Crippen LogP contribution in [0.5, 0.6) is 5.75 Å². The van der Waals surface area contributed by atoms with E-state index in [0.717, 1.165) is 31.2 Å². The molecule has 0 radical (unpaired) electrons. The average molecular weight is 307 g/mol. The highest BCUT2D eigenvalue weighted by molar-refractivity contribution is 5.78. The number of nitrogens with zero attached hydrogens (tertiary/aromatic N) is 1. The van der Waals surface area contributed by atoms with E-state index in [-0.39, 0.29) is 30.4 Å². The summed E-state index contributed by atoms with van der Waals surface area (Å²) in [5.74, 6) is -0.376. The number of hydrogen-bond donors (Lipinski definition) is 0. The summed E-state index contributed by atoms with van der Waals surface area (Å²) in [6.45, 7) is 2.91. The fourth-order valence-corrected chi connectivity index (χ4v) is 3.35. The van der Waals surface area contributed by atoms with Crippen LogP contribution in [0.25, 0.3) is 0 Å². The van der Waals surface area contributed by atoms with Crippen molar-refractivity contribution in [3.8, 4) is 5.75 Å². The molecule has 5 heteroatoms. The molecule has 1 saturated carbocycles. The van der Waals surface area contributed by atoms with Gasteiger partial charge in [-0.2, -0.15) is 0 Å². The molecule has 1 aliphatic heterocycles. The number of morpholine rings is 1. The molecule has 0 N–H and O–H groups in total. The van der Waals surface area contributed by atoms with Crippen molar-refractivity contribution in [3.05, 3.63) is 29.6 Å². The number of benzene rings is 1. The quantitative estimate of drug-likeness (QED) is 0.862. The van der Waals surface area contributed by atoms with Crippen molar-refractivity contribution in [1.29, 1.82) is 0 Å². The highest BCUT2D eigenvalue weighted by Crippen LogP contribution is 2.28. The van der Waals surface area contributed by atoms with Crippen LogP contribution in [0.3, 0.4) is 0 Å². The van der Waals surface area contributed by atoms with E-state index >= 15 is 0 Å². The Morgan fingerprint density at radius 1 is 1.41 bits per heavy atom. The summed E-state index contributed by atoms with van der Waals surface area (Å²) < 4.78 is 24.8. The van der Waals surface area contributed by atoms with Gasteiger partial charge in [-0.05, 0) is 37.5 Å². The van der Waals surface area contributed by atoms with Crippen molar-refractivity contribution in [1.82, 2.24) is 4.90 Å². The lowest BCUT2D eigenvalue weighted by molar-refractivity contribution is -0.151. The van der Waals surface area contributed by atoms with Gasteiger partial charge in [0.25, 0.3) is 5.91 Å². The Hall–Kier alpha value is -1.62. The number of halogens is 1. The Bertz CT molecular complexity index is 547. The maximum Gasteiger partial charge on any atom is 0.260 e. The number of amides is 1. The molecule has 2 atom stereocenters. The zero-order valence-corrected chi connectivity index (χ0v) is 12.9. The van der Waals surface area contributed by atoms with Gasteiger partial charge in [-0.3, -0.25) is 4.79 Å². The first-order valence-electron chi connectivity index (χ1n) is 7.95. The smallest absolute Gasteiger partial charge is 0.260 e. The Kier molecular flexibility index (Phi) is 4.62. The zero-order valence-electron chi connectivity index (χ0n) is 12.9. The first-order valence-corrected chi connectivity index (χ1v) is 7.95. The number of aryl methyl sites for hydroxylation is 1. The summed E-state index contributed by atoms with van der Waals surface area (Å²) in [6.07, 6.45) is 4.44. The number of hydrogen-bond acceptors (Lipinski definition) is 3. The van der Waals surface area contributed by atoms with Gasteiger partial charge in [-0.15, -0.1) is 0 Å². The second kappa shape index (κ2) is 6.65. The minimum atomic E-state index is -0.434. The number of rotatable bonds is 3. The third-order valence-electron chi connectivity index (χ3n) is 4.49. The van der Waals surface area contributed by atoms with E-state index in [1.54, 1.807) is 12.1 Å². The van der Waals surface area contributed by atoms with E-state index in [9.17, 15) is 9.18 Å². The molecular formula is C17H22FNO3. The van der Waals surface area contributed by atoms with E-state index in [4.69, 9.17) is 9.47 Å². The van der Waals surface area contributed by atoms with Gasteiger partial charge in [0, 0.05) is 6.54 Å². The molecular weight excluding hydrogens is 285 g/mol. The second-order valence-electron chi connectivity index (χ2n) is 6.07. The average Bonchev–Trinajstić information content (AvgIpc) is 2.55. The van der Waals surface area contributed by atoms with Crippen LogP contribution in [0, 0.1) is 12.7 Å². The minimum Gasteiger partial charge on any atom is -0.481 e. The predicted octanol–water partition coefficient (Wildman–Crippen LogP) is 2.68. The van der Waals surface area contributed by atoms with Crippen molar-refractivity contribution < 1.29 is 18.7 Å². The Balaban J connectivity index is 1.62. The number of carbonyl (C=O) groups excluding carboxylic acids is 1. The largest absolute Gasteiger partial charge is 0.481 e. The van der Waals surface area contributed by atoms with Gasteiger partial charge >= 0.3 is 0 Å². The molecule has 22 heavy (non-hydrogen) atoms. The molecule has 1 aliphatic carbocycles. The summed E-state index contributed by atoms with van der Waals surface area (Å²) in [7, 11) is 0. The van der Waals surface area contributed by atoms with Crippen LogP contribution >= 0.6 is 0 Å². The van der Waals surface area contributed by atoms with Crippen molar-refractivity contribution in [2.24, 2.45) is 0 Å². The lowest BCUT2D eigenvalue weighted by Crippen LogP contribution is -2.55. The van der Waals surface area contributed by atoms with E-state index in [1.165, 1.54) is 6.07 Å². The van der Waals surface area contributed by atoms with Gasteiger partial charge in [0.2, 0.25) is 0 Å². The predicted molar refractivity (Wildman–Crippen MR) is 80.3 cm³/mol. The van der Waals surface area contributed by atoms with Gasteiger partial charge < -0.3 is 14.4 Å². The molecule has 0 aromatic heterocycles. The number of carbonyl (C=O) groups is 1. The van der Waals surface area contributed by atoms with E-state index in [2.05, 4.69) is 0 Å². The van der Waals surface area contributed by atoms with E-state index in [0.29, 0.717) is 13.2 Å². The van der Waals surface area contributed by atoms with Crippen LogP contribution in [-0.4, -0.2) is 42.7 Å². The molecule has 4 nitrogen and oxygen atoms in total. The van der Waals surface area contributed by atoms with Gasteiger partial charge in [0.05, 0.1) is 18.8 Å². The topological polar surface area (TPSA) is 38.8 Å². The molecule has 1 heterocycles. The number of fused-ring (bicyclic) bond motifs is 1. The van der Waals surface area contributed by atoms with Gasteiger partial charge in [0.1, 0.15) is 0 Å². The van der Waals surface area contributed by atoms with Crippen molar-refractivity contribution in [3.63, 3.8) is 0 Å². The highest BCUT2D eigenvalue weighted by Gasteiger charge is 2.36. The van der Waals surface area contributed by atoms with E-state index < -0.39 is 5.82 Å². The fourth-order valence-electron chi connectivity index (χ4n) is 3.35. The van der Waals surface area contributed by atoms with Crippen molar-refractivity contribution in [2.75, 3.05) is 19.8 Å². The molecule has 1 saturated heterocycles. The third kappa shape index (κ3) is 3.24. The first kappa shape index (κ1) is 15.3. The van der Waals surface area contributed by atoms with Crippen molar-refractivity contribution in [2.45, 2.75) is 44.8 Å². The van der Waals surface area contributed by atoms with Gasteiger partial charge in [-0.25, -0.2) is 4.39 Å². The summed E-state index contributed by atoms with van der Waals surface area (Å²) >= 11 is 0. The zero-order chi connectivity index (χ0) is 15.5. The maximum atomic E-state index is 13.7. The summed E-state index contributed by atoms with van der Waals surface area (Å²) in [5, 5.41) is 0. The summed E-state index contributed by atoms with van der Waals surface area (Å²) in [4.78, 5) is 14.3. The first-order chi connectivity index (χ1) is 10.6. The van der Waals surface area contributed by atoms with Crippen LogP contribution in [0.1, 0.15) is 31.2 Å². The third-order valence-corrected chi connectivity index (χ3v) is 4.49. The molecule has 1 aromatic rings. The monoisotopic (exact) mass is 307 g/mol. The van der Waals surface area contributed by atoms with Crippen LogP contribution in [0.4, 0.5) is 4.39 Å². The molecule has 2 aliphatic rings. The molecule has 120 valence electrons. The Labute approximate surface area is 130 Å². The Morgan fingerprint density at radius 3 is 3.09 bits per heavy atom. The van der Waals surface area contributed by atoms with Gasteiger partial charge in [0.15, 0.2) is 18.2 Å². The highest BCUT2D eigenvalue weighted by atomic mass is 19.1. The van der Waals surface area contributed by atoms with Crippen LogP contribution in [0.2, 0.25) is 0 Å². The minimum absolute atomic E-state index is 0.0823. The normalized spacial score (nSPS) is 24.7. The summed E-state index contributed by atoms with van der Waals surface area (Å²) in [6, 6.07) is 4.81. The maximum absolute atomic E-state index is 13.7. The molecule has 0 bridgehead atoms. The van der Waals surface area contributed by atoms with Crippen molar-refractivity contribution >= 4 is 5.91 Å². The molecule has 1 amide bonds. The lowest BCUT2D eigenvalue weighted by Gasteiger charge is -2.43. The molecule has 3 rings (SSSR count). The molecule has 0 spiro atoms. The van der Waals surface area contributed by atoms with E-state index in [1.807, 2.05) is 11.8 Å².